The van der Waals surface area contributed by atoms with E-state index in [2.05, 4.69) is 12.2 Å². The summed E-state index contributed by atoms with van der Waals surface area (Å²) >= 11 is 12.0. The van der Waals surface area contributed by atoms with Crippen LogP contribution in [0.4, 0.5) is 5.69 Å². The predicted molar refractivity (Wildman–Crippen MR) is 74.5 cm³/mol. The van der Waals surface area contributed by atoms with E-state index >= 15 is 0 Å². The fourth-order valence-corrected chi connectivity index (χ4v) is 2.55. The van der Waals surface area contributed by atoms with Crippen LogP contribution in [0.25, 0.3) is 0 Å². The maximum absolute atomic E-state index is 5.98. The first-order valence-corrected chi connectivity index (χ1v) is 6.77. The van der Waals surface area contributed by atoms with Gasteiger partial charge in [-0.1, -0.05) is 30.1 Å². The molecule has 0 spiro atoms. The number of hydrogen-bond donors (Lipinski definition) is 2. The maximum Gasteiger partial charge on any atom is 0.0693 e. The molecule has 17 heavy (non-hydrogen) atoms. The van der Waals surface area contributed by atoms with E-state index in [1.54, 1.807) is 0 Å². The molecule has 1 aromatic carbocycles. The van der Waals surface area contributed by atoms with Crippen molar-refractivity contribution in [3.05, 3.63) is 27.7 Å². The van der Waals surface area contributed by atoms with Crippen molar-refractivity contribution in [2.45, 2.75) is 26.3 Å². The van der Waals surface area contributed by atoms with Crippen LogP contribution in [-0.2, 0) is 6.54 Å². The van der Waals surface area contributed by atoms with Gasteiger partial charge in [-0.15, -0.1) is 0 Å². The second kappa shape index (κ2) is 5.47. The van der Waals surface area contributed by atoms with Gasteiger partial charge in [-0.05, 0) is 48.9 Å². The van der Waals surface area contributed by atoms with Gasteiger partial charge in [-0.3, -0.25) is 0 Å². The first-order valence-electron chi connectivity index (χ1n) is 6.02. The average Bonchev–Trinajstić information content (AvgIpc) is 3.09. The zero-order valence-corrected chi connectivity index (χ0v) is 11.5. The molecule has 1 fully saturated rings. The minimum Gasteiger partial charge on any atom is -0.396 e. The van der Waals surface area contributed by atoms with E-state index in [0.717, 1.165) is 30.5 Å². The number of hydrogen-bond acceptors (Lipinski definition) is 2. The minimum atomic E-state index is 0.462. The van der Waals surface area contributed by atoms with Crippen LogP contribution in [0.1, 0.15) is 25.3 Å². The Morgan fingerprint density at radius 1 is 1.35 bits per heavy atom. The molecule has 0 bridgehead atoms. The van der Waals surface area contributed by atoms with Gasteiger partial charge in [0.2, 0.25) is 0 Å². The molecule has 4 heteroatoms. The fourth-order valence-electron chi connectivity index (χ4n) is 2.01. The van der Waals surface area contributed by atoms with E-state index < -0.39 is 0 Å². The second-order valence-electron chi connectivity index (χ2n) is 4.92. The van der Waals surface area contributed by atoms with Crippen LogP contribution in [0.15, 0.2) is 12.1 Å². The van der Waals surface area contributed by atoms with Crippen molar-refractivity contribution in [2.24, 2.45) is 11.8 Å². The van der Waals surface area contributed by atoms with Gasteiger partial charge in [0.1, 0.15) is 0 Å². The molecule has 1 unspecified atom stereocenters. The molecule has 3 N–H and O–H groups in total. The molecule has 2 rings (SSSR count). The van der Waals surface area contributed by atoms with Gasteiger partial charge in [0.15, 0.2) is 0 Å². The lowest BCUT2D eigenvalue weighted by Gasteiger charge is -2.12. The summed E-state index contributed by atoms with van der Waals surface area (Å²) < 4.78 is 0. The lowest BCUT2D eigenvalue weighted by Crippen LogP contribution is -2.21. The molecule has 0 radical (unpaired) electrons. The van der Waals surface area contributed by atoms with Gasteiger partial charge >= 0.3 is 0 Å². The summed E-state index contributed by atoms with van der Waals surface area (Å²) in [6.07, 6.45) is 2.78. The third-order valence-electron chi connectivity index (χ3n) is 3.36. The quantitative estimate of drug-likeness (QED) is 0.802. The Kier molecular flexibility index (Phi) is 4.18. The number of nitrogens with one attached hydrogen (secondary N) is 1. The van der Waals surface area contributed by atoms with E-state index in [1.165, 1.54) is 12.8 Å². The summed E-state index contributed by atoms with van der Waals surface area (Å²) in [6.45, 7) is 4.13. The van der Waals surface area contributed by atoms with Crippen LogP contribution in [0.3, 0.4) is 0 Å². The highest BCUT2D eigenvalue weighted by molar-refractivity contribution is 6.38. The Hall–Kier alpha value is -0.440. The minimum absolute atomic E-state index is 0.462. The number of halogens is 2. The Morgan fingerprint density at radius 3 is 2.47 bits per heavy atom. The highest BCUT2D eigenvalue weighted by Crippen LogP contribution is 2.36. The Bertz CT molecular complexity index is 379. The van der Waals surface area contributed by atoms with Gasteiger partial charge in [-0.2, -0.15) is 0 Å². The third-order valence-corrected chi connectivity index (χ3v) is 3.99. The molecular formula is C13H18Cl2N2. The molecule has 1 aromatic rings. The van der Waals surface area contributed by atoms with E-state index in [0.29, 0.717) is 15.7 Å². The number of benzene rings is 1. The molecule has 94 valence electrons. The lowest BCUT2D eigenvalue weighted by molar-refractivity contribution is 0.461. The normalized spacial score (nSPS) is 17.1. The molecule has 1 aliphatic rings. The van der Waals surface area contributed by atoms with Crippen LogP contribution >= 0.6 is 23.2 Å². The number of rotatable bonds is 5. The SMILES string of the molecule is CC(CNCc1cc(Cl)c(N)c(Cl)c1)C1CC1. The molecule has 0 heterocycles. The summed E-state index contributed by atoms with van der Waals surface area (Å²) in [5, 5.41) is 4.50. The van der Waals surface area contributed by atoms with Gasteiger partial charge in [0.05, 0.1) is 15.7 Å². The van der Waals surface area contributed by atoms with Crippen molar-refractivity contribution >= 4 is 28.9 Å². The van der Waals surface area contributed by atoms with Gasteiger partial charge < -0.3 is 11.1 Å². The Labute approximate surface area is 112 Å². The standard InChI is InChI=1S/C13H18Cl2N2/c1-8(10-2-3-10)6-17-7-9-4-11(14)13(16)12(15)5-9/h4-5,8,10,17H,2-3,6-7,16H2,1H3. The van der Waals surface area contributed by atoms with Crippen LogP contribution in [0.2, 0.25) is 10.0 Å². The first kappa shape index (κ1) is 13.0. The van der Waals surface area contributed by atoms with Crippen molar-refractivity contribution in [2.75, 3.05) is 12.3 Å². The molecule has 1 saturated carbocycles. The molecule has 2 nitrogen and oxygen atoms in total. The van der Waals surface area contributed by atoms with E-state index in [4.69, 9.17) is 28.9 Å². The van der Waals surface area contributed by atoms with Gasteiger partial charge in [0, 0.05) is 6.54 Å². The molecule has 0 saturated heterocycles. The van der Waals surface area contributed by atoms with Crippen LogP contribution < -0.4 is 11.1 Å². The summed E-state index contributed by atoms with van der Waals surface area (Å²) in [5.74, 6) is 1.69. The summed E-state index contributed by atoms with van der Waals surface area (Å²) in [6, 6.07) is 3.75. The second-order valence-corrected chi connectivity index (χ2v) is 5.73. The van der Waals surface area contributed by atoms with E-state index in [1.807, 2.05) is 12.1 Å². The molecular weight excluding hydrogens is 255 g/mol. The highest BCUT2D eigenvalue weighted by Gasteiger charge is 2.27. The monoisotopic (exact) mass is 272 g/mol. The third kappa shape index (κ3) is 3.51. The topological polar surface area (TPSA) is 38.0 Å². The zero-order chi connectivity index (χ0) is 12.4. The van der Waals surface area contributed by atoms with E-state index in [-0.39, 0.29) is 0 Å². The van der Waals surface area contributed by atoms with Gasteiger partial charge in [-0.25, -0.2) is 0 Å². The van der Waals surface area contributed by atoms with Crippen molar-refractivity contribution in [1.29, 1.82) is 0 Å². The molecule has 1 atom stereocenters. The molecule has 0 aliphatic heterocycles. The van der Waals surface area contributed by atoms with Crippen LogP contribution in [-0.4, -0.2) is 6.54 Å². The van der Waals surface area contributed by atoms with Crippen molar-refractivity contribution in [3.63, 3.8) is 0 Å². The number of anilines is 1. The maximum atomic E-state index is 5.98. The summed E-state index contributed by atoms with van der Waals surface area (Å²) in [7, 11) is 0. The zero-order valence-electron chi connectivity index (χ0n) is 9.97. The lowest BCUT2D eigenvalue weighted by atomic mass is 10.1. The first-order chi connectivity index (χ1) is 8.08. The van der Waals surface area contributed by atoms with Gasteiger partial charge in [0.25, 0.3) is 0 Å². The molecule has 0 aromatic heterocycles. The molecule has 0 amide bonds. The van der Waals surface area contributed by atoms with Crippen LogP contribution in [0, 0.1) is 11.8 Å². The number of nitrogens with two attached hydrogens (primary N) is 1. The molecule has 1 aliphatic carbocycles. The average molecular weight is 273 g/mol. The Morgan fingerprint density at radius 2 is 1.94 bits per heavy atom. The largest absolute Gasteiger partial charge is 0.396 e. The predicted octanol–water partition coefficient (Wildman–Crippen LogP) is 3.71. The smallest absolute Gasteiger partial charge is 0.0693 e. The fraction of sp³-hybridized carbons (Fsp3) is 0.538. The van der Waals surface area contributed by atoms with Crippen molar-refractivity contribution in [1.82, 2.24) is 5.32 Å². The van der Waals surface area contributed by atoms with Crippen molar-refractivity contribution < 1.29 is 0 Å². The summed E-state index contributed by atoms with van der Waals surface area (Å²) in [4.78, 5) is 0. The van der Waals surface area contributed by atoms with Crippen molar-refractivity contribution in [3.8, 4) is 0 Å². The number of nitrogen functional groups attached to an aromatic ring is 1. The summed E-state index contributed by atoms with van der Waals surface area (Å²) in [5.41, 5.74) is 7.23. The highest BCUT2D eigenvalue weighted by atomic mass is 35.5. The Balaban J connectivity index is 1.86. The van der Waals surface area contributed by atoms with Crippen LogP contribution in [0.5, 0.6) is 0 Å². The van der Waals surface area contributed by atoms with E-state index in [9.17, 15) is 0 Å².